The SMILES string of the molecule is CCOP(=O)(OCC)[C@@H](N)c1ccc(Br)cc1Cl. The van der Waals surface area contributed by atoms with Crippen molar-refractivity contribution < 1.29 is 13.6 Å². The van der Waals surface area contributed by atoms with Gasteiger partial charge in [0.25, 0.3) is 0 Å². The number of halogens is 2. The van der Waals surface area contributed by atoms with Crippen LogP contribution < -0.4 is 5.73 Å². The molecule has 1 aromatic rings. The number of hydrogen-bond acceptors (Lipinski definition) is 4. The van der Waals surface area contributed by atoms with Crippen LogP contribution in [0, 0.1) is 0 Å². The van der Waals surface area contributed by atoms with E-state index in [1.54, 1.807) is 32.0 Å². The molecular formula is C11H16BrClNO3P. The summed E-state index contributed by atoms with van der Waals surface area (Å²) in [5.41, 5.74) is 6.53. The molecule has 0 aliphatic rings. The highest BCUT2D eigenvalue weighted by molar-refractivity contribution is 9.10. The average molecular weight is 357 g/mol. The van der Waals surface area contributed by atoms with Crippen molar-refractivity contribution >= 4 is 35.1 Å². The summed E-state index contributed by atoms with van der Waals surface area (Å²) < 4.78 is 23.8. The van der Waals surface area contributed by atoms with Gasteiger partial charge in [0.2, 0.25) is 0 Å². The van der Waals surface area contributed by atoms with Crippen molar-refractivity contribution in [2.24, 2.45) is 5.73 Å². The molecule has 1 rings (SSSR count). The minimum absolute atomic E-state index is 0.263. The smallest absolute Gasteiger partial charge is 0.314 e. The molecule has 0 aromatic heterocycles. The van der Waals surface area contributed by atoms with E-state index < -0.39 is 13.4 Å². The van der Waals surface area contributed by atoms with Crippen molar-refractivity contribution in [2.45, 2.75) is 19.6 Å². The molecule has 0 aliphatic carbocycles. The lowest BCUT2D eigenvalue weighted by Gasteiger charge is -2.24. The summed E-state index contributed by atoms with van der Waals surface area (Å²) in [6.45, 7) is 4.00. The van der Waals surface area contributed by atoms with Crippen LogP contribution in [0.5, 0.6) is 0 Å². The van der Waals surface area contributed by atoms with Crippen molar-refractivity contribution in [3.05, 3.63) is 33.3 Å². The molecule has 0 spiro atoms. The molecule has 18 heavy (non-hydrogen) atoms. The summed E-state index contributed by atoms with van der Waals surface area (Å²) in [5.74, 6) is -0.891. The zero-order chi connectivity index (χ0) is 13.8. The van der Waals surface area contributed by atoms with Gasteiger partial charge in [0.15, 0.2) is 0 Å². The Hall–Kier alpha value is 0.1000. The van der Waals surface area contributed by atoms with E-state index >= 15 is 0 Å². The van der Waals surface area contributed by atoms with Gasteiger partial charge in [-0.3, -0.25) is 4.57 Å². The highest BCUT2D eigenvalue weighted by atomic mass is 79.9. The van der Waals surface area contributed by atoms with E-state index in [9.17, 15) is 4.57 Å². The zero-order valence-corrected chi connectivity index (χ0v) is 13.5. The molecule has 7 heteroatoms. The van der Waals surface area contributed by atoms with E-state index in [-0.39, 0.29) is 13.2 Å². The third kappa shape index (κ3) is 3.80. The van der Waals surface area contributed by atoms with Gasteiger partial charge >= 0.3 is 7.60 Å². The molecule has 0 aliphatic heterocycles. The minimum atomic E-state index is -3.40. The third-order valence-electron chi connectivity index (χ3n) is 2.24. The summed E-state index contributed by atoms with van der Waals surface area (Å²) in [5, 5.41) is 0.427. The first kappa shape index (κ1) is 16.2. The van der Waals surface area contributed by atoms with Gasteiger partial charge in [0.1, 0.15) is 5.78 Å². The third-order valence-corrected chi connectivity index (χ3v) is 5.26. The molecule has 0 amide bonds. The van der Waals surface area contributed by atoms with Crippen LogP contribution in [0.3, 0.4) is 0 Å². The monoisotopic (exact) mass is 355 g/mol. The second-order valence-electron chi connectivity index (χ2n) is 3.49. The summed E-state index contributed by atoms with van der Waals surface area (Å²) >= 11 is 9.39. The maximum absolute atomic E-state index is 12.5. The second kappa shape index (κ2) is 7.04. The van der Waals surface area contributed by atoms with Gasteiger partial charge in [-0.05, 0) is 31.5 Å². The lowest BCUT2D eigenvalue weighted by Crippen LogP contribution is -2.15. The van der Waals surface area contributed by atoms with Crippen LogP contribution in [0.15, 0.2) is 22.7 Å². The molecule has 0 saturated heterocycles. The van der Waals surface area contributed by atoms with Crippen molar-refractivity contribution in [1.29, 1.82) is 0 Å². The van der Waals surface area contributed by atoms with E-state index in [1.165, 1.54) is 0 Å². The second-order valence-corrected chi connectivity index (χ2v) is 6.96. The Labute approximate surface area is 120 Å². The first-order valence-corrected chi connectivity index (χ1v) is 8.32. The van der Waals surface area contributed by atoms with Crippen LogP contribution in [0.4, 0.5) is 0 Å². The molecule has 0 heterocycles. The summed E-state index contributed by atoms with van der Waals surface area (Å²) in [6.07, 6.45) is 0. The Morgan fingerprint density at radius 2 is 1.94 bits per heavy atom. The van der Waals surface area contributed by atoms with E-state index in [2.05, 4.69) is 15.9 Å². The van der Waals surface area contributed by atoms with Crippen LogP contribution in [0.25, 0.3) is 0 Å². The van der Waals surface area contributed by atoms with E-state index in [0.717, 1.165) is 4.47 Å². The first-order chi connectivity index (χ1) is 8.44. The molecule has 1 aromatic carbocycles. The first-order valence-electron chi connectivity index (χ1n) is 5.54. The van der Waals surface area contributed by atoms with Gasteiger partial charge < -0.3 is 14.8 Å². The van der Waals surface area contributed by atoms with Crippen LogP contribution >= 0.6 is 35.1 Å². The fraction of sp³-hybridized carbons (Fsp3) is 0.455. The van der Waals surface area contributed by atoms with Crippen molar-refractivity contribution in [3.8, 4) is 0 Å². The van der Waals surface area contributed by atoms with Gasteiger partial charge in [-0.15, -0.1) is 0 Å². The maximum Gasteiger partial charge on any atom is 0.351 e. The lowest BCUT2D eigenvalue weighted by atomic mass is 10.2. The van der Waals surface area contributed by atoms with Crippen LogP contribution in [0.1, 0.15) is 25.2 Å². The minimum Gasteiger partial charge on any atom is -0.314 e. The molecule has 1 atom stereocenters. The van der Waals surface area contributed by atoms with Crippen LogP contribution in [0.2, 0.25) is 5.02 Å². The average Bonchev–Trinajstić information content (AvgIpc) is 2.29. The molecule has 102 valence electrons. The Morgan fingerprint density at radius 1 is 1.39 bits per heavy atom. The van der Waals surface area contributed by atoms with Gasteiger partial charge in [0, 0.05) is 9.50 Å². The Morgan fingerprint density at radius 3 is 2.39 bits per heavy atom. The molecule has 0 saturated carbocycles. The fourth-order valence-electron chi connectivity index (χ4n) is 1.47. The van der Waals surface area contributed by atoms with E-state index in [0.29, 0.717) is 10.6 Å². The normalized spacial score (nSPS) is 13.6. The quantitative estimate of drug-likeness (QED) is 0.771. The van der Waals surface area contributed by atoms with Gasteiger partial charge in [0.05, 0.1) is 13.2 Å². The summed E-state index contributed by atoms with van der Waals surface area (Å²) in [6, 6.07) is 5.18. The molecule has 2 N–H and O–H groups in total. The standard InChI is InChI=1S/C11H16BrClNO3P/c1-3-16-18(15,17-4-2)11(14)9-6-5-8(12)7-10(9)13/h5-7,11H,3-4,14H2,1-2H3/t11-/m1/s1. The Balaban J connectivity index is 3.09. The molecule has 0 unspecified atom stereocenters. The zero-order valence-electron chi connectivity index (χ0n) is 10.2. The van der Waals surface area contributed by atoms with Crippen molar-refractivity contribution in [2.75, 3.05) is 13.2 Å². The molecule has 4 nitrogen and oxygen atoms in total. The van der Waals surface area contributed by atoms with Crippen molar-refractivity contribution in [3.63, 3.8) is 0 Å². The largest absolute Gasteiger partial charge is 0.351 e. The van der Waals surface area contributed by atoms with Gasteiger partial charge in [-0.2, -0.15) is 0 Å². The lowest BCUT2D eigenvalue weighted by molar-refractivity contribution is 0.212. The van der Waals surface area contributed by atoms with Gasteiger partial charge in [-0.1, -0.05) is 33.6 Å². The number of benzene rings is 1. The summed E-state index contributed by atoms with van der Waals surface area (Å²) in [7, 11) is -3.40. The highest BCUT2D eigenvalue weighted by Crippen LogP contribution is 2.59. The molecule has 0 fully saturated rings. The van der Waals surface area contributed by atoms with E-state index in [1.807, 2.05) is 0 Å². The topological polar surface area (TPSA) is 61.5 Å². The number of hydrogen-bond donors (Lipinski definition) is 1. The predicted octanol–water partition coefficient (Wildman–Crippen LogP) is 4.33. The Kier molecular flexibility index (Phi) is 6.31. The summed E-state index contributed by atoms with van der Waals surface area (Å²) in [4.78, 5) is 0. The maximum atomic E-state index is 12.5. The van der Waals surface area contributed by atoms with Crippen molar-refractivity contribution in [1.82, 2.24) is 0 Å². The fourth-order valence-corrected chi connectivity index (χ4v) is 4.02. The van der Waals surface area contributed by atoms with E-state index in [4.69, 9.17) is 26.4 Å². The van der Waals surface area contributed by atoms with Gasteiger partial charge in [-0.25, -0.2) is 0 Å². The van der Waals surface area contributed by atoms with Crippen LogP contribution in [-0.4, -0.2) is 13.2 Å². The molecule has 0 bridgehead atoms. The number of rotatable bonds is 6. The highest BCUT2D eigenvalue weighted by Gasteiger charge is 2.35. The molecule has 0 radical (unpaired) electrons. The molecular weight excluding hydrogens is 340 g/mol. The number of nitrogens with two attached hydrogens (primary N) is 1. The Bertz CT molecular complexity index is 448. The van der Waals surface area contributed by atoms with Crippen LogP contribution in [-0.2, 0) is 13.6 Å². The predicted molar refractivity (Wildman–Crippen MR) is 76.9 cm³/mol.